The van der Waals surface area contributed by atoms with Crippen LogP contribution < -0.4 is 14.4 Å². The van der Waals surface area contributed by atoms with E-state index in [1.165, 1.54) is 0 Å². The van der Waals surface area contributed by atoms with Crippen LogP contribution in [0.25, 0.3) is 0 Å². The lowest BCUT2D eigenvalue weighted by molar-refractivity contribution is -0.0677. The highest BCUT2D eigenvalue weighted by Crippen LogP contribution is 2.48. The molecule has 1 N–H and O–H groups in total. The summed E-state index contributed by atoms with van der Waals surface area (Å²) in [5, 5.41) is -0.759. The molecule has 0 unspecified atom stereocenters. The molecule has 8 rings (SSSR count). The van der Waals surface area contributed by atoms with Crippen molar-refractivity contribution < 1.29 is 35.9 Å². The molecule has 8 nitrogen and oxygen atoms in total. The van der Waals surface area contributed by atoms with Gasteiger partial charge >= 0.3 is 0 Å². The highest BCUT2D eigenvalue weighted by atomic mass is 35.5. The van der Waals surface area contributed by atoms with Gasteiger partial charge in [-0.3, -0.25) is 4.79 Å². The van der Waals surface area contributed by atoms with E-state index < -0.39 is 32.9 Å². The van der Waals surface area contributed by atoms with Gasteiger partial charge in [0.25, 0.3) is 11.8 Å². The molecule has 1 saturated heterocycles. The number of halogens is 4. The van der Waals surface area contributed by atoms with Crippen molar-refractivity contribution in [2.45, 2.75) is 89.0 Å². The predicted molar refractivity (Wildman–Crippen MR) is 195 cm³/mol. The van der Waals surface area contributed by atoms with E-state index in [1.807, 2.05) is 17.9 Å². The quantitative estimate of drug-likeness (QED) is 0.325. The molecule has 284 valence electrons. The van der Waals surface area contributed by atoms with Gasteiger partial charge in [-0.15, -0.1) is 0 Å². The maximum Gasteiger partial charge on any atom is 0.264 e. The molecule has 4 aliphatic heterocycles. The average Bonchev–Trinajstić information content (AvgIpc) is 3.10. The fourth-order valence-electron chi connectivity index (χ4n) is 8.51. The average molecular weight is 764 g/mol. The van der Waals surface area contributed by atoms with Crippen LogP contribution in [0, 0.1) is 29.5 Å². The van der Waals surface area contributed by atoms with Crippen molar-refractivity contribution in [2.75, 3.05) is 44.3 Å². The van der Waals surface area contributed by atoms with E-state index in [9.17, 15) is 22.0 Å². The fraction of sp³-hybridized carbons (Fsp3) is 0.615. The molecule has 1 saturated carbocycles. The number of nitrogens with one attached hydrogen (secondary N) is 1. The number of alkyl halides is 2. The van der Waals surface area contributed by atoms with Crippen LogP contribution in [0.1, 0.15) is 80.3 Å². The highest BCUT2D eigenvalue weighted by Gasteiger charge is 2.45. The minimum Gasteiger partial charge on any atom is -0.491 e. The SMILES string of the molecule is C[C@@H]1[C@@H](C)S(=O)(=O)NC(=O)c2ccc3c(c2)N(Cc2ccc(Cl)c(F)c2CCCCO3)C[C@@H]2CC[C@H]2[C@@H](OCCN2CCC(F)(F)CC2)C2=C[C@H]1C2. The van der Waals surface area contributed by atoms with Gasteiger partial charge in [-0.1, -0.05) is 30.7 Å². The summed E-state index contributed by atoms with van der Waals surface area (Å²) < 4.78 is 85.7. The first kappa shape index (κ1) is 37.5. The number of amides is 1. The largest absolute Gasteiger partial charge is 0.491 e. The summed E-state index contributed by atoms with van der Waals surface area (Å²) in [5.41, 5.74) is 3.33. The second-order valence-corrected chi connectivity index (χ2v) is 18.0. The Labute approximate surface area is 310 Å². The van der Waals surface area contributed by atoms with E-state index in [-0.39, 0.29) is 53.2 Å². The number of hydrogen-bond donors (Lipinski definition) is 1. The number of carbonyl (C=O) groups is 1. The predicted octanol–water partition coefficient (Wildman–Crippen LogP) is 7.39. The van der Waals surface area contributed by atoms with Crippen LogP contribution >= 0.6 is 11.6 Å². The third-order valence-corrected chi connectivity index (χ3v) is 14.5. The Hall–Kier alpha value is -2.80. The van der Waals surface area contributed by atoms with Crippen LogP contribution in [-0.4, -0.2) is 75.9 Å². The summed E-state index contributed by atoms with van der Waals surface area (Å²) in [6.07, 6.45) is 6.13. The molecule has 1 amide bonds. The fourth-order valence-corrected chi connectivity index (χ4v) is 10.0. The van der Waals surface area contributed by atoms with Crippen molar-refractivity contribution in [3.63, 3.8) is 0 Å². The summed E-state index contributed by atoms with van der Waals surface area (Å²) in [6, 6.07) is 8.45. The molecule has 4 bridgehead atoms. The van der Waals surface area contributed by atoms with E-state index in [2.05, 4.69) is 15.7 Å². The molecule has 4 heterocycles. The van der Waals surface area contributed by atoms with Gasteiger partial charge in [0.1, 0.15) is 11.6 Å². The molecule has 2 aromatic carbocycles. The zero-order valence-corrected chi connectivity index (χ0v) is 31.5. The van der Waals surface area contributed by atoms with Gasteiger partial charge in [-0.05, 0) is 110 Å². The van der Waals surface area contributed by atoms with Gasteiger partial charge in [0.05, 0.1) is 35.3 Å². The molecule has 0 spiro atoms. The van der Waals surface area contributed by atoms with Gasteiger partial charge in [-0.25, -0.2) is 26.3 Å². The number of ether oxygens (including phenoxy) is 2. The van der Waals surface area contributed by atoms with Crippen LogP contribution in [0.4, 0.5) is 18.9 Å². The summed E-state index contributed by atoms with van der Waals surface area (Å²) in [6.45, 7) is 6.49. The highest BCUT2D eigenvalue weighted by molar-refractivity contribution is 7.90. The number of hydrogen-bond acceptors (Lipinski definition) is 7. The standard InChI is InChI=1S/C39H49ClF3N3O5S/c1-24-25(2)52(48,49)44-38(47)26-8-11-35-34(21-26)46(22-27-7-10-33(40)36(41)31(27)5-3-4-17-50-35)23-28-6-9-32(28)37(30-19-29(24)20-30)51-18-16-45-14-12-39(42,43)13-15-45/h7-8,10-11,19,21,24-25,28-29,32,37H,3-6,9,12-18,20,22-23H2,1-2H3,(H,44,47)/t24-,25-,28+,29+,32-,37+/m1/s1. The van der Waals surface area contributed by atoms with E-state index in [1.54, 1.807) is 31.2 Å². The topological polar surface area (TPSA) is 88.2 Å². The zero-order chi connectivity index (χ0) is 36.8. The number of fused-ring (bicyclic) bond motifs is 5. The van der Waals surface area contributed by atoms with Crippen LogP contribution in [0.5, 0.6) is 5.75 Å². The molecular formula is C39H49ClF3N3O5S. The van der Waals surface area contributed by atoms with E-state index in [4.69, 9.17) is 21.1 Å². The number of benzene rings is 2. The number of piperidine rings is 1. The first-order chi connectivity index (χ1) is 24.8. The number of sulfonamides is 1. The molecule has 2 fully saturated rings. The molecule has 2 aliphatic carbocycles. The van der Waals surface area contributed by atoms with Gasteiger partial charge in [0.2, 0.25) is 10.0 Å². The summed E-state index contributed by atoms with van der Waals surface area (Å²) in [4.78, 5) is 17.8. The van der Waals surface area contributed by atoms with Gasteiger partial charge in [-0.2, -0.15) is 0 Å². The Morgan fingerprint density at radius 3 is 2.60 bits per heavy atom. The van der Waals surface area contributed by atoms with Crippen LogP contribution in [0.3, 0.4) is 0 Å². The number of carbonyl (C=O) groups excluding carboxylic acids is 1. The van der Waals surface area contributed by atoms with Gasteiger partial charge in [0, 0.05) is 51.1 Å². The Morgan fingerprint density at radius 1 is 1.10 bits per heavy atom. The summed E-state index contributed by atoms with van der Waals surface area (Å²) in [7, 11) is -4.03. The van der Waals surface area contributed by atoms with Crippen molar-refractivity contribution in [1.82, 2.24) is 9.62 Å². The second kappa shape index (κ2) is 15.1. The normalized spacial score (nSPS) is 30.5. The second-order valence-electron chi connectivity index (χ2n) is 15.5. The summed E-state index contributed by atoms with van der Waals surface area (Å²) in [5.74, 6) is -3.06. The van der Waals surface area contributed by atoms with Crippen molar-refractivity contribution in [2.24, 2.45) is 23.7 Å². The molecule has 2 aromatic rings. The van der Waals surface area contributed by atoms with Crippen molar-refractivity contribution in [1.29, 1.82) is 0 Å². The Kier molecular flexibility index (Phi) is 10.9. The van der Waals surface area contributed by atoms with Crippen molar-refractivity contribution in [3.8, 4) is 5.75 Å². The molecule has 0 radical (unpaired) electrons. The lowest BCUT2D eigenvalue weighted by Gasteiger charge is -2.48. The Bertz CT molecular complexity index is 1800. The molecule has 6 atom stereocenters. The van der Waals surface area contributed by atoms with Gasteiger partial charge in [0.15, 0.2) is 0 Å². The summed E-state index contributed by atoms with van der Waals surface area (Å²) >= 11 is 6.27. The number of allylic oxidation sites excluding steroid dienone is 1. The zero-order valence-electron chi connectivity index (χ0n) is 29.9. The van der Waals surface area contributed by atoms with E-state index in [0.29, 0.717) is 88.6 Å². The Balaban J connectivity index is 1.25. The minimum absolute atomic E-state index is 0.00534. The molecular weight excluding hydrogens is 715 g/mol. The molecule has 6 aliphatic rings. The van der Waals surface area contributed by atoms with E-state index in [0.717, 1.165) is 24.0 Å². The van der Waals surface area contributed by atoms with Crippen LogP contribution in [0.2, 0.25) is 5.02 Å². The first-order valence-corrected chi connectivity index (χ1v) is 20.7. The van der Waals surface area contributed by atoms with Crippen molar-refractivity contribution in [3.05, 3.63) is 69.5 Å². The number of likely N-dealkylation sites (tertiary alicyclic amines) is 1. The minimum atomic E-state index is -4.03. The monoisotopic (exact) mass is 763 g/mol. The molecule has 13 heteroatoms. The lowest BCUT2D eigenvalue weighted by Crippen LogP contribution is -2.48. The maximum atomic E-state index is 15.6. The third-order valence-electron chi connectivity index (χ3n) is 12.3. The van der Waals surface area contributed by atoms with E-state index >= 15 is 4.39 Å². The number of anilines is 1. The number of nitrogens with zero attached hydrogens (tertiary/aromatic N) is 2. The smallest absolute Gasteiger partial charge is 0.264 e. The van der Waals surface area contributed by atoms with Crippen molar-refractivity contribution >= 4 is 33.2 Å². The first-order valence-electron chi connectivity index (χ1n) is 18.8. The number of rotatable bonds is 4. The Morgan fingerprint density at radius 2 is 1.87 bits per heavy atom. The maximum absolute atomic E-state index is 15.6. The lowest BCUT2D eigenvalue weighted by atomic mass is 9.64. The van der Waals surface area contributed by atoms with Crippen LogP contribution in [-0.2, 0) is 27.7 Å². The van der Waals surface area contributed by atoms with Crippen LogP contribution in [0.15, 0.2) is 42.0 Å². The molecule has 52 heavy (non-hydrogen) atoms. The van der Waals surface area contributed by atoms with Gasteiger partial charge < -0.3 is 19.3 Å². The third kappa shape index (κ3) is 7.86. The molecule has 0 aromatic heterocycles.